The van der Waals surface area contributed by atoms with Crippen molar-refractivity contribution in [3.05, 3.63) is 18.0 Å². The summed E-state index contributed by atoms with van der Waals surface area (Å²) in [6.07, 6.45) is -3.08. The highest BCUT2D eigenvalue weighted by Gasteiger charge is 2.48. The average molecular weight is 193 g/mol. The molecular weight excluding hydrogens is 181 g/mol. The molecule has 0 bridgehead atoms. The molecule has 0 aliphatic heterocycles. The van der Waals surface area contributed by atoms with Crippen molar-refractivity contribution in [3.8, 4) is 0 Å². The van der Waals surface area contributed by atoms with E-state index in [-0.39, 0.29) is 10.4 Å². The van der Waals surface area contributed by atoms with Gasteiger partial charge in [-0.05, 0) is 4.68 Å². The fourth-order valence-electron chi connectivity index (χ4n) is 1.13. The molecule has 0 spiro atoms. The van der Waals surface area contributed by atoms with Gasteiger partial charge in [-0.3, -0.25) is 0 Å². The number of nitrogens with one attached hydrogen (secondary N) is 1. The van der Waals surface area contributed by atoms with Gasteiger partial charge in [0.15, 0.2) is 0 Å². The molecule has 0 aliphatic rings. The first-order chi connectivity index (χ1) is 5.73. The van der Waals surface area contributed by atoms with Crippen molar-refractivity contribution in [2.45, 2.75) is 32.5 Å². The van der Waals surface area contributed by atoms with E-state index in [1.807, 2.05) is 0 Å². The second-order valence-electron chi connectivity index (χ2n) is 3.90. The molecule has 2 nitrogen and oxygen atoms in total. The second kappa shape index (κ2) is 2.75. The normalized spacial score (nSPS) is 13.4. The largest absolute Gasteiger partial charge is 0.660 e. The van der Waals surface area contributed by atoms with Gasteiger partial charge in [0.25, 0.3) is 0 Å². The van der Waals surface area contributed by atoms with Crippen LogP contribution >= 0.6 is 0 Å². The lowest BCUT2D eigenvalue weighted by Crippen LogP contribution is -2.54. The first-order valence-electron chi connectivity index (χ1n) is 3.90. The van der Waals surface area contributed by atoms with E-state index in [1.54, 1.807) is 20.8 Å². The number of H-pyrrole nitrogens is 1. The van der Waals surface area contributed by atoms with Crippen LogP contribution in [0, 0.1) is 0 Å². The van der Waals surface area contributed by atoms with Gasteiger partial charge in [0.05, 0.1) is 6.20 Å². The van der Waals surface area contributed by atoms with Crippen LogP contribution in [-0.2, 0) is 11.7 Å². The van der Waals surface area contributed by atoms with Crippen LogP contribution in [0.2, 0.25) is 0 Å². The lowest BCUT2D eigenvalue weighted by Gasteiger charge is -2.12. The van der Waals surface area contributed by atoms with E-state index in [4.69, 9.17) is 0 Å². The van der Waals surface area contributed by atoms with Gasteiger partial charge >= 0.3 is 6.30 Å². The van der Waals surface area contributed by atoms with Crippen molar-refractivity contribution in [1.82, 2.24) is 5.10 Å². The number of hydrogen-bond acceptors (Lipinski definition) is 0. The Balaban J connectivity index is 3.19. The second-order valence-corrected chi connectivity index (χ2v) is 3.90. The van der Waals surface area contributed by atoms with Gasteiger partial charge in [0, 0.05) is 11.5 Å². The van der Waals surface area contributed by atoms with E-state index < -0.39 is 11.7 Å². The highest BCUT2D eigenvalue weighted by atomic mass is 19.4. The molecule has 1 rings (SSSR count). The predicted molar refractivity (Wildman–Crippen MR) is 41.0 cm³/mol. The molecule has 0 aliphatic carbocycles. The topological polar surface area (TPSA) is 19.7 Å². The Morgan fingerprint density at radius 1 is 1.23 bits per heavy atom. The minimum absolute atomic E-state index is 0.222. The smallest absolute Gasteiger partial charge is 0.165 e. The summed E-state index contributed by atoms with van der Waals surface area (Å²) in [6.45, 7) is 5.20. The number of aromatic nitrogens is 2. The van der Waals surface area contributed by atoms with Crippen LogP contribution in [0.4, 0.5) is 13.2 Å². The minimum atomic E-state index is -4.37. The van der Waals surface area contributed by atoms with Gasteiger partial charge < -0.3 is 0 Å². The van der Waals surface area contributed by atoms with Crippen LogP contribution in [0.1, 0.15) is 26.5 Å². The van der Waals surface area contributed by atoms with Gasteiger partial charge in [-0.2, -0.15) is 5.10 Å². The SMILES string of the molecule is CC(C)(C)c1cc[nH][n+]1C(F)(F)F. The predicted octanol–water partition coefficient (Wildman–Crippen LogP) is 2.08. The maximum absolute atomic E-state index is 12.3. The van der Waals surface area contributed by atoms with Crippen LogP contribution in [0.25, 0.3) is 0 Å². The number of hydrogen-bond donors (Lipinski definition) is 1. The van der Waals surface area contributed by atoms with Crippen molar-refractivity contribution in [2.24, 2.45) is 0 Å². The highest BCUT2D eigenvalue weighted by Crippen LogP contribution is 2.22. The Kier molecular flexibility index (Phi) is 2.13. The first kappa shape index (κ1) is 10.1. The van der Waals surface area contributed by atoms with Gasteiger partial charge in [0.1, 0.15) is 0 Å². The minimum Gasteiger partial charge on any atom is -0.165 e. The summed E-state index contributed by atoms with van der Waals surface area (Å²) in [5, 5.41) is 2.14. The summed E-state index contributed by atoms with van der Waals surface area (Å²) < 4.78 is 37.3. The molecule has 13 heavy (non-hydrogen) atoms. The van der Waals surface area contributed by atoms with Crippen LogP contribution in [0.3, 0.4) is 0 Å². The molecule has 0 atom stereocenters. The zero-order valence-corrected chi connectivity index (χ0v) is 7.74. The number of nitrogens with zero attached hydrogens (tertiary/aromatic N) is 1. The van der Waals surface area contributed by atoms with Crippen LogP contribution in [0.5, 0.6) is 0 Å². The average Bonchev–Trinajstić information content (AvgIpc) is 2.27. The summed E-state index contributed by atoms with van der Waals surface area (Å²) in [6, 6.07) is 1.44. The van der Waals surface area contributed by atoms with Gasteiger partial charge in [-0.15, -0.1) is 13.2 Å². The zero-order chi connectivity index (χ0) is 10.3. The maximum atomic E-state index is 12.3. The molecule has 0 unspecified atom stereocenters. The Hall–Kier alpha value is -1.00. The Morgan fingerprint density at radius 2 is 1.77 bits per heavy atom. The number of rotatable bonds is 0. The summed E-state index contributed by atoms with van der Waals surface area (Å²) in [7, 11) is 0. The van der Waals surface area contributed by atoms with Crippen molar-refractivity contribution >= 4 is 0 Å². The fourth-order valence-corrected chi connectivity index (χ4v) is 1.13. The molecule has 74 valence electrons. The van der Waals surface area contributed by atoms with E-state index in [0.717, 1.165) is 0 Å². The third-order valence-electron chi connectivity index (χ3n) is 1.71. The number of halogens is 3. The van der Waals surface area contributed by atoms with Crippen molar-refractivity contribution in [3.63, 3.8) is 0 Å². The van der Waals surface area contributed by atoms with E-state index in [1.165, 1.54) is 12.3 Å². The quantitative estimate of drug-likeness (QED) is 0.608. The standard InChI is InChI=1S/C8H11F3N2/c1-7(2,3)6-4-5-12-13(6)8(9,10)11/h4-5H,1-3H3/p+1. The van der Waals surface area contributed by atoms with Crippen LogP contribution < -0.4 is 4.68 Å². The Morgan fingerprint density at radius 3 is 2.08 bits per heavy atom. The van der Waals surface area contributed by atoms with E-state index >= 15 is 0 Å². The first-order valence-corrected chi connectivity index (χ1v) is 3.90. The van der Waals surface area contributed by atoms with Crippen molar-refractivity contribution in [2.75, 3.05) is 0 Å². The van der Waals surface area contributed by atoms with Gasteiger partial charge in [0.2, 0.25) is 5.69 Å². The zero-order valence-electron chi connectivity index (χ0n) is 7.74. The highest BCUT2D eigenvalue weighted by molar-refractivity contribution is 5.04. The molecule has 1 aromatic heterocycles. The summed E-state index contributed by atoms with van der Waals surface area (Å²) >= 11 is 0. The molecule has 1 N–H and O–H groups in total. The summed E-state index contributed by atoms with van der Waals surface area (Å²) in [5.74, 6) is 0. The summed E-state index contributed by atoms with van der Waals surface area (Å²) in [5.41, 5.74) is -0.296. The van der Waals surface area contributed by atoms with Gasteiger partial charge in [-0.25, -0.2) is 0 Å². The van der Waals surface area contributed by atoms with Crippen LogP contribution in [-0.4, -0.2) is 5.10 Å². The lowest BCUT2D eigenvalue weighted by atomic mass is 9.92. The fraction of sp³-hybridized carbons (Fsp3) is 0.625. The lowest BCUT2D eigenvalue weighted by molar-refractivity contribution is -0.899. The molecule has 0 aromatic carbocycles. The molecule has 1 aromatic rings. The number of alkyl halides is 3. The Labute approximate surface area is 74.4 Å². The Bertz CT molecular complexity index is 265. The monoisotopic (exact) mass is 193 g/mol. The molecule has 5 heteroatoms. The summed E-state index contributed by atoms with van der Waals surface area (Å²) in [4.78, 5) is 0. The van der Waals surface area contributed by atoms with E-state index in [2.05, 4.69) is 5.10 Å². The maximum Gasteiger partial charge on any atom is 0.660 e. The van der Waals surface area contributed by atoms with Crippen molar-refractivity contribution < 1.29 is 17.9 Å². The van der Waals surface area contributed by atoms with E-state index in [9.17, 15) is 13.2 Å². The molecule has 0 amide bonds. The molecule has 0 radical (unpaired) electrons. The molecule has 0 fully saturated rings. The molecule has 1 heterocycles. The van der Waals surface area contributed by atoms with Crippen LogP contribution in [0.15, 0.2) is 12.3 Å². The third kappa shape index (κ3) is 2.02. The number of aromatic amines is 1. The molecule has 0 saturated carbocycles. The van der Waals surface area contributed by atoms with Gasteiger partial charge in [-0.1, -0.05) is 20.8 Å². The van der Waals surface area contributed by atoms with Crippen molar-refractivity contribution in [1.29, 1.82) is 0 Å². The van der Waals surface area contributed by atoms with E-state index in [0.29, 0.717) is 0 Å². The third-order valence-corrected chi connectivity index (χ3v) is 1.71. The molecule has 0 saturated heterocycles. The molecular formula is C8H12F3N2+.